The maximum Gasteiger partial charge on any atom is 0.254 e. The minimum Gasteiger partial charge on any atom is -0.332 e. The summed E-state index contributed by atoms with van der Waals surface area (Å²) in [5.41, 5.74) is 2.28. The van der Waals surface area contributed by atoms with Crippen molar-refractivity contribution in [2.24, 2.45) is 0 Å². The third-order valence-corrected chi connectivity index (χ3v) is 5.63. The van der Waals surface area contributed by atoms with Crippen LogP contribution in [-0.4, -0.2) is 45.3 Å². The number of carbonyl (C=O) groups is 2. The van der Waals surface area contributed by atoms with Crippen LogP contribution in [0.1, 0.15) is 42.1 Å². The molecule has 1 N–H and O–H groups in total. The first-order valence-electron chi connectivity index (χ1n) is 9.77. The van der Waals surface area contributed by atoms with Gasteiger partial charge in [0.05, 0.1) is 28.8 Å². The lowest BCUT2D eigenvalue weighted by Crippen LogP contribution is -2.35. The van der Waals surface area contributed by atoms with Crippen LogP contribution in [0, 0.1) is 5.82 Å². The van der Waals surface area contributed by atoms with E-state index in [1.807, 2.05) is 10.7 Å². The monoisotopic (exact) mass is 429 g/mol. The van der Waals surface area contributed by atoms with Crippen LogP contribution in [-0.2, 0) is 4.79 Å². The molecule has 1 aliphatic rings. The largest absolute Gasteiger partial charge is 0.332 e. The van der Waals surface area contributed by atoms with Gasteiger partial charge in [-0.3, -0.25) is 9.59 Å². The molecule has 2 amide bonds. The highest BCUT2D eigenvalue weighted by molar-refractivity contribution is 6.33. The molecular weight excluding hydrogens is 409 g/mol. The van der Waals surface area contributed by atoms with Crippen LogP contribution in [0.2, 0.25) is 5.02 Å². The Morgan fingerprint density at radius 3 is 2.73 bits per heavy atom. The molecule has 0 bridgehead atoms. The number of rotatable bonds is 5. The Labute approximate surface area is 177 Å². The van der Waals surface area contributed by atoms with Gasteiger partial charge in [-0.1, -0.05) is 29.7 Å². The maximum atomic E-state index is 13.1. The molecular formula is C21H21ClFN5O2. The van der Waals surface area contributed by atoms with E-state index in [1.54, 1.807) is 12.1 Å². The van der Waals surface area contributed by atoms with E-state index in [0.29, 0.717) is 17.1 Å². The number of halogens is 2. The standard InChI is InChI=1S/C21H21ClFN5O2/c1-27(12-20(29)24-17-8-7-14(23)11-16(17)22)21(30)13-6-9-19-18(10-13)25-26-28(19)15-4-2-3-5-15/h6-11,15H,2-5,12H2,1H3,(H,24,29). The number of carbonyl (C=O) groups excluding carboxylic acids is 2. The molecule has 7 nitrogen and oxygen atoms in total. The van der Waals surface area contributed by atoms with Crippen LogP contribution in [0.5, 0.6) is 0 Å². The summed E-state index contributed by atoms with van der Waals surface area (Å²) in [6.07, 6.45) is 4.57. The highest BCUT2D eigenvalue weighted by Crippen LogP contribution is 2.31. The van der Waals surface area contributed by atoms with Gasteiger partial charge in [-0.15, -0.1) is 5.10 Å². The number of amides is 2. The summed E-state index contributed by atoms with van der Waals surface area (Å²) >= 11 is 5.92. The number of fused-ring (bicyclic) bond motifs is 1. The van der Waals surface area contributed by atoms with Crippen molar-refractivity contribution in [3.05, 3.63) is 52.8 Å². The third kappa shape index (κ3) is 4.14. The van der Waals surface area contributed by atoms with E-state index in [9.17, 15) is 14.0 Å². The van der Waals surface area contributed by atoms with Crippen LogP contribution in [0.3, 0.4) is 0 Å². The first-order chi connectivity index (χ1) is 14.4. The highest BCUT2D eigenvalue weighted by Gasteiger charge is 2.22. The molecule has 1 fully saturated rings. The summed E-state index contributed by atoms with van der Waals surface area (Å²) < 4.78 is 15.1. The summed E-state index contributed by atoms with van der Waals surface area (Å²) in [4.78, 5) is 26.3. The van der Waals surface area contributed by atoms with E-state index in [1.165, 1.54) is 36.9 Å². The Kier molecular flexibility index (Phi) is 5.67. The molecule has 0 unspecified atom stereocenters. The van der Waals surface area contributed by atoms with E-state index in [-0.39, 0.29) is 23.2 Å². The lowest BCUT2D eigenvalue weighted by molar-refractivity contribution is -0.116. The van der Waals surface area contributed by atoms with Gasteiger partial charge >= 0.3 is 0 Å². The van der Waals surface area contributed by atoms with Crippen molar-refractivity contribution in [1.82, 2.24) is 19.9 Å². The minimum absolute atomic E-state index is 0.0909. The molecule has 0 radical (unpaired) electrons. The average Bonchev–Trinajstić information content (AvgIpc) is 3.38. The van der Waals surface area contributed by atoms with Gasteiger partial charge in [-0.2, -0.15) is 0 Å². The first-order valence-corrected chi connectivity index (χ1v) is 10.2. The van der Waals surface area contributed by atoms with Crippen LogP contribution in [0.25, 0.3) is 11.0 Å². The molecule has 9 heteroatoms. The molecule has 0 spiro atoms. The fourth-order valence-corrected chi connectivity index (χ4v) is 4.00. The maximum absolute atomic E-state index is 13.1. The normalized spacial score (nSPS) is 14.2. The number of hydrogen-bond acceptors (Lipinski definition) is 4. The minimum atomic E-state index is -0.495. The number of nitrogens with zero attached hydrogens (tertiary/aromatic N) is 4. The molecule has 1 aromatic heterocycles. The third-order valence-electron chi connectivity index (χ3n) is 5.32. The van der Waals surface area contributed by atoms with Crippen molar-refractivity contribution in [2.75, 3.05) is 18.9 Å². The lowest BCUT2D eigenvalue weighted by atomic mass is 10.1. The predicted molar refractivity (Wildman–Crippen MR) is 112 cm³/mol. The molecule has 3 aromatic rings. The topological polar surface area (TPSA) is 80.1 Å². The number of hydrogen-bond donors (Lipinski definition) is 1. The van der Waals surface area contributed by atoms with Gasteiger partial charge < -0.3 is 10.2 Å². The molecule has 1 aliphatic carbocycles. The molecule has 0 saturated heterocycles. The molecule has 1 heterocycles. The smallest absolute Gasteiger partial charge is 0.254 e. The van der Waals surface area contributed by atoms with Crippen LogP contribution in [0.4, 0.5) is 10.1 Å². The van der Waals surface area contributed by atoms with Gasteiger partial charge in [-0.25, -0.2) is 9.07 Å². The van der Waals surface area contributed by atoms with E-state index >= 15 is 0 Å². The van der Waals surface area contributed by atoms with E-state index in [4.69, 9.17) is 11.6 Å². The summed E-state index contributed by atoms with van der Waals surface area (Å²) in [6, 6.07) is 9.32. The number of aromatic nitrogens is 3. The van der Waals surface area contributed by atoms with Crippen LogP contribution in [0.15, 0.2) is 36.4 Å². The van der Waals surface area contributed by atoms with E-state index in [2.05, 4.69) is 15.6 Å². The number of anilines is 1. The molecule has 4 rings (SSSR count). The van der Waals surface area contributed by atoms with Gasteiger partial charge in [0, 0.05) is 12.6 Å². The Bertz CT molecular complexity index is 1110. The van der Waals surface area contributed by atoms with Gasteiger partial charge in [0.2, 0.25) is 5.91 Å². The zero-order chi connectivity index (χ0) is 21.3. The van der Waals surface area contributed by atoms with Crippen molar-refractivity contribution < 1.29 is 14.0 Å². The van der Waals surface area contributed by atoms with Gasteiger partial charge in [0.1, 0.15) is 11.3 Å². The lowest BCUT2D eigenvalue weighted by Gasteiger charge is -2.17. The Morgan fingerprint density at radius 2 is 2.00 bits per heavy atom. The summed E-state index contributed by atoms with van der Waals surface area (Å²) in [5.74, 6) is -1.24. The van der Waals surface area contributed by atoms with E-state index in [0.717, 1.165) is 24.4 Å². The second-order valence-electron chi connectivity index (χ2n) is 7.51. The number of benzene rings is 2. The molecule has 30 heavy (non-hydrogen) atoms. The summed E-state index contributed by atoms with van der Waals surface area (Å²) in [5, 5.41) is 11.2. The predicted octanol–water partition coefficient (Wildman–Crippen LogP) is 4.05. The summed E-state index contributed by atoms with van der Waals surface area (Å²) in [7, 11) is 1.54. The van der Waals surface area contributed by atoms with Crippen LogP contribution < -0.4 is 5.32 Å². The Hall–Kier alpha value is -3.00. The van der Waals surface area contributed by atoms with Gasteiger partial charge in [-0.05, 0) is 49.2 Å². The Morgan fingerprint density at radius 1 is 1.23 bits per heavy atom. The second-order valence-corrected chi connectivity index (χ2v) is 7.92. The SMILES string of the molecule is CN(CC(=O)Nc1ccc(F)cc1Cl)C(=O)c1ccc2c(c1)nnn2C1CCCC1. The molecule has 2 aromatic carbocycles. The number of nitrogens with one attached hydrogen (secondary N) is 1. The molecule has 1 saturated carbocycles. The van der Waals surface area contributed by atoms with Crippen molar-refractivity contribution in [3.63, 3.8) is 0 Å². The van der Waals surface area contributed by atoms with Crippen molar-refractivity contribution in [1.29, 1.82) is 0 Å². The Balaban J connectivity index is 1.44. The summed E-state index contributed by atoms with van der Waals surface area (Å²) in [6.45, 7) is -0.181. The van der Waals surface area contributed by atoms with Gasteiger partial charge in [0.15, 0.2) is 0 Å². The van der Waals surface area contributed by atoms with Gasteiger partial charge in [0.25, 0.3) is 5.91 Å². The second kappa shape index (κ2) is 8.39. The fourth-order valence-electron chi connectivity index (χ4n) is 3.78. The molecule has 156 valence electrons. The zero-order valence-electron chi connectivity index (χ0n) is 16.4. The van der Waals surface area contributed by atoms with Crippen molar-refractivity contribution in [3.8, 4) is 0 Å². The van der Waals surface area contributed by atoms with Crippen molar-refractivity contribution in [2.45, 2.75) is 31.7 Å². The fraction of sp³-hybridized carbons (Fsp3) is 0.333. The molecule has 0 atom stereocenters. The quantitative estimate of drug-likeness (QED) is 0.663. The average molecular weight is 430 g/mol. The number of likely N-dealkylation sites (N-methyl/N-ethyl adjacent to an activating group) is 1. The van der Waals surface area contributed by atoms with Crippen molar-refractivity contribution >= 4 is 40.1 Å². The van der Waals surface area contributed by atoms with Crippen LogP contribution >= 0.6 is 11.6 Å². The highest BCUT2D eigenvalue weighted by atomic mass is 35.5. The van der Waals surface area contributed by atoms with E-state index < -0.39 is 11.7 Å². The molecule has 0 aliphatic heterocycles. The zero-order valence-corrected chi connectivity index (χ0v) is 17.2. The first kappa shape index (κ1) is 20.3.